The van der Waals surface area contributed by atoms with Gasteiger partial charge < -0.3 is 20.6 Å². The summed E-state index contributed by atoms with van der Waals surface area (Å²) in [6, 6.07) is -0.365. The van der Waals surface area contributed by atoms with Crippen LogP contribution in [0.4, 0.5) is 0 Å². The fraction of sp³-hybridized carbons (Fsp3) is 0.833. The largest absolute Gasteiger partial charge is 0.392 e. The van der Waals surface area contributed by atoms with E-state index in [0.29, 0.717) is 25.9 Å². The standard InChI is InChI=1S/C12H21N3O3/c1-8(7-15-4-2-3-11(15)17)14-12(18)10-5-9(16)6-13-10/h8-10,13,16H,2-7H2,1H3,(H,14,18). The maximum Gasteiger partial charge on any atom is 0.237 e. The van der Waals surface area contributed by atoms with Gasteiger partial charge in [0.2, 0.25) is 11.8 Å². The van der Waals surface area contributed by atoms with Crippen molar-refractivity contribution >= 4 is 11.8 Å². The van der Waals surface area contributed by atoms with E-state index in [9.17, 15) is 14.7 Å². The lowest BCUT2D eigenvalue weighted by Crippen LogP contribution is -2.48. The van der Waals surface area contributed by atoms with Crippen LogP contribution < -0.4 is 10.6 Å². The van der Waals surface area contributed by atoms with Crippen molar-refractivity contribution in [2.45, 2.75) is 44.4 Å². The van der Waals surface area contributed by atoms with E-state index in [4.69, 9.17) is 0 Å². The molecule has 0 bridgehead atoms. The number of carbonyl (C=O) groups is 2. The molecule has 6 heteroatoms. The molecule has 2 aliphatic heterocycles. The molecule has 3 unspecified atom stereocenters. The van der Waals surface area contributed by atoms with Crippen LogP contribution in [-0.2, 0) is 9.59 Å². The average molecular weight is 255 g/mol. The van der Waals surface area contributed by atoms with Crippen LogP contribution in [0.15, 0.2) is 0 Å². The van der Waals surface area contributed by atoms with E-state index in [0.717, 1.165) is 13.0 Å². The van der Waals surface area contributed by atoms with E-state index < -0.39 is 6.10 Å². The van der Waals surface area contributed by atoms with Gasteiger partial charge in [0.1, 0.15) is 0 Å². The molecule has 2 amide bonds. The lowest BCUT2D eigenvalue weighted by atomic mass is 10.2. The van der Waals surface area contributed by atoms with Crippen molar-refractivity contribution in [3.05, 3.63) is 0 Å². The minimum absolute atomic E-state index is 0.0564. The van der Waals surface area contributed by atoms with Gasteiger partial charge >= 0.3 is 0 Å². The number of rotatable bonds is 4. The molecule has 0 aromatic rings. The Hall–Kier alpha value is -1.14. The Labute approximate surface area is 107 Å². The van der Waals surface area contributed by atoms with Gasteiger partial charge in [-0.25, -0.2) is 0 Å². The van der Waals surface area contributed by atoms with Crippen molar-refractivity contribution < 1.29 is 14.7 Å². The molecule has 0 radical (unpaired) electrons. The number of likely N-dealkylation sites (tertiary alicyclic amines) is 1. The van der Waals surface area contributed by atoms with Gasteiger partial charge in [0.05, 0.1) is 12.1 Å². The topological polar surface area (TPSA) is 81.7 Å². The molecular formula is C12H21N3O3. The first-order chi connectivity index (χ1) is 8.56. The molecule has 2 saturated heterocycles. The fourth-order valence-corrected chi connectivity index (χ4v) is 2.53. The van der Waals surface area contributed by atoms with Crippen LogP contribution in [0.5, 0.6) is 0 Å². The molecule has 2 aliphatic rings. The monoisotopic (exact) mass is 255 g/mol. The molecule has 2 fully saturated rings. The van der Waals surface area contributed by atoms with Crippen molar-refractivity contribution in [2.75, 3.05) is 19.6 Å². The van der Waals surface area contributed by atoms with E-state index in [-0.39, 0.29) is 23.9 Å². The molecule has 102 valence electrons. The molecule has 0 aromatic carbocycles. The Morgan fingerprint density at radius 3 is 3.00 bits per heavy atom. The molecule has 2 rings (SSSR count). The molecule has 0 aliphatic carbocycles. The number of β-amino-alcohol motifs (C(OH)–C–C–N with tert-alkyl or cyclic N) is 1. The molecule has 2 heterocycles. The first-order valence-electron chi connectivity index (χ1n) is 6.56. The Morgan fingerprint density at radius 1 is 1.67 bits per heavy atom. The van der Waals surface area contributed by atoms with Crippen LogP contribution in [0.2, 0.25) is 0 Å². The number of hydrogen-bond acceptors (Lipinski definition) is 4. The molecular weight excluding hydrogens is 234 g/mol. The van der Waals surface area contributed by atoms with Gasteiger partial charge in [0.25, 0.3) is 0 Å². The average Bonchev–Trinajstić information content (AvgIpc) is 2.89. The molecule has 0 saturated carbocycles. The highest BCUT2D eigenvalue weighted by Crippen LogP contribution is 2.10. The Morgan fingerprint density at radius 2 is 2.44 bits per heavy atom. The van der Waals surface area contributed by atoms with E-state index in [1.165, 1.54) is 0 Å². The number of aliphatic hydroxyl groups excluding tert-OH is 1. The highest BCUT2D eigenvalue weighted by molar-refractivity contribution is 5.82. The zero-order valence-electron chi connectivity index (χ0n) is 10.7. The maximum atomic E-state index is 11.9. The van der Waals surface area contributed by atoms with E-state index in [1.54, 1.807) is 4.90 Å². The first kappa shape index (κ1) is 13.3. The number of aliphatic hydroxyl groups is 1. The number of hydrogen-bond donors (Lipinski definition) is 3. The summed E-state index contributed by atoms with van der Waals surface area (Å²) >= 11 is 0. The van der Waals surface area contributed by atoms with Crippen molar-refractivity contribution in [2.24, 2.45) is 0 Å². The van der Waals surface area contributed by atoms with Gasteiger partial charge in [0.15, 0.2) is 0 Å². The highest BCUT2D eigenvalue weighted by atomic mass is 16.3. The van der Waals surface area contributed by atoms with Crippen molar-refractivity contribution in [1.29, 1.82) is 0 Å². The second-order valence-corrected chi connectivity index (χ2v) is 5.20. The number of amides is 2. The van der Waals surface area contributed by atoms with Crippen LogP contribution in [-0.4, -0.2) is 59.6 Å². The molecule has 0 spiro atoms. The van der Waals surface area contributed by atoms with Crippen LogP contribution >= 0.6 is 0 Å². The summed E-state index contributed by atoms with van der Waals surface area (Å²) in [6.07, 6.45) is 1.56. The van der Waals surface area contributed by atoms with E-state index >= 15 is 0 Å². The number of carbonyl (C=O) groups excluding carboxylic acids is 2. The third-order valence-electron chi connectivity index (χ3n) is 3.48. The fourth-order valence-electron chi connectivity index (χ4n) is 2.53. The predicted octanol–water partition coefficient (Wildman–Crippen LogP) is -1.16. The Bertz CT molecular complexity index is 335. The van der Waals surface area contributed by atoms with Crippen LogP contribution in [0, 0.1) is 0 Å². The van der Waals surface area contributed by atoms with Gasteiger partial charge in [-0.15, -0.1) is 0 Å². The van der Waals surface area contributed by atoms with Crippen molar-refractivity contribution in [3.8, 4) is 0 Å². The quantitative estimate of drug-likeness (QED) is 0.591. The summed E-state index contributed by atoms with van der Waals surface area (Å²) in [5.41, 5.74) is 0. The second kappa shape index (κ2) is 5.67. The van der Waals surface area contributed by atoms with Gasteiger partial charge in [-0.2, -0.15) is 0 Å². The third kappa shape index (κ3) is 3.20. The van der Waals surface area contributed by atoms with E-state index in [2.05, 4.69) is 10.6 Å². The van der Waals surface area contributed by atoms with E-state index in [1.807, 2.05) is 6.92 Å². The van der Waals surface area contributed by atoms with Crippen LogP contribution in [0.1, 0.15) is 26.2 Å². The van der Waals surface area contributed by atoms with Gasteiger partial charge in [0, 0.05) is 32.1 Å². The second-order valence-electron chi connectivity index (χ2n) is 5.20. The first-order valence-corrected chi connectivity index (χ1v) is 6.56. The normalized spacial score (nSPS) is 29.7. The minimum Gasteiger partial charge on any atom is -0.392 e. The molecule has 0 aromatic heterocycles. The zero-order valence-corrected chi connectivity index (χ0v) is 10.7. The molecule has 18 heavy (non-hydrogen) atoms. The minimum atomic E-state index is -0.434. The lowest BCUT2D eigenvalue weighted by Gasteiger charge is -2.23. The van der Waals surface area contributed by atoms with Crippen molar-refractivity contribution in [1.82, 2.24) is 15.5 Å². The Kier molecular flexibility index (Phi) is 4.19. The summed E-state index contributed by atoms with van der Waals surface area (Å²) in [5, 5.41) is 15.2. The maximum absolute atomic E-state index is 11.9. The smallest absolute Gasteiger partial charge is 0.237 e. The molecule has 3 atom stereocenters. The van der Waals surface area contributed by atoms with Crippen molar-refractivity contribution in [3.63, 3.8) is 0 Å². The summed E-state index contributed by atoms with van der Waals surface area (Å²) in [5.74, 6) is 0.0798. The summed E-state index contributed by atoms with van der Waals surface area (Å²) in [4.78, 5) is 25.1. The zero-order chi connectivity index (χ0) is 13.1. The predicted molar refractivity (Wildman–Crippen MR) is 65.8 cm³/mol. The van der Waals surface area contributed by atoms with Crippen LogP contribution in [0.3, 0.4) is 0 Å². The highest BCUT2D eigenvalue weighted by Gasteiger charge is 2.29. The summed E-state index contributed by atoms with van der Waals surface area (Å²) in [7, 11) is 0. The van der Waals surface area contributed by atoms with Gasteiger partial charge in [-0.05, 0) is 19.8 Å². The van der Waals surface area contributed by atoms with Crippen LogP contribution in [0.25, 0.3) is 0 Å². The molecule has 3 N–H and O–H groups in total. The Balaban J connectivity index is 1.75. The van der Waals surface area contributed by atoms with Gasteiger partial charge in [-0.1, -0.05) is 0 Å². The number of nitrogens with one attached hydrogen (secondary N) is 2. The summed E-state index contributed by atoms with van der Waals surface area (Å²) in [6.45, 7) is 3.73. The SMILES string of the molecule is CC(CN1CCCC1=O)NC(=O)C1CC(O)CN1. The lowest BCUT2D eigenvalue weighted by molar-refractivity contribution is -0.129. The summed E-state index contributed by atoms with van der Waals surface area (Å²) < 4.78 is 0. The number of nitrogens with zero attached hydrogens (tertiary/aromatic N) is 1. The molecule has 6 nitrogen and oxygen atoms in total. The van der Waals surface area contributed by atoms with Gasteiger partial charge in [-0.3, -0.25) is 9.59 Å². The third-order valence-corrected chi connectivity index (χ3v) is 3.48.